The zero-order valence-corrected chi connectivity index (χ0v) is 17.4. The summed E-state index contributed by atoms with van der Waals surface area (Å²) in [5, 5.41) is 11.8. The van der Waals surface area contributed by atoms with Crippen molar-refractivity contribution in [3.8, 4) is 11.5 Å². The van der Waals surface area contributed by atoms with Gasteiger partial charge in [-0.15, -0.1) is 0 Å². The van der Waals surface area contributed by atoms with Crippen molar-refractivity contribution < 1.29 is 24.0 Å². The van der Waals surface area contributed by atoms with Crippen molar-refractivity contribution in [3.05, 3.63) is 68.6 Å². The largest absolute Gasteiger partial charge is 0.493 e. The Labute approximate surface area is 180 Å². The number of non-ortho nitro benzene ring substituents is 1. The maximum atomic E-state index is 12.8. The molecule has 30 heavy (non-hydrogen) atoms. The van der Waals surface area contributed by atoms with Gasteiger partial charge in [0.25, 0.3) is 17.5 Å². The molecule has 0 aliphatic carbocycles. The SMILES string of the molecule is COc1cccc(/C=C2/SC(=S)N(NC(=O)c3cccc([N+](=O)[O-])c3)C2=O)c1OC. The molecule has 1 aliphatic rings. The smallest absolute Gasteiger partial charge is 0.285 e. The Hall–Kier alpha value is -3.44. The summed E-state index contributed by atoms with van der Waals surface area (Å²) in [6.07, 6.45) is 1.58. The first-order valence-electron chi connectivity index (χ1n) is 8.40. The van der Waals surface area contributed by atoms with Gasteiger partial charge in [0.05, 0.1) is 24.0 Å². The molecule has 1 fully saturated rings. The number of thioether (sulfide) groups is 1. The minimum absolute atomic E-state index is 0.0247. The Balaban J connectivity index is 1.83. The highest BCUT2D eigenvalue weighted by atomic mass is 32.2. The molecule has 1 heterocycles. The third-order valence-corrected chi connectivity index (χ3v) is 5.35. The molecule has 0 bridgehead atoms. The van der Waals surface area contributed by atoms with Gasteiger partial charge in [-0.25, -0.2) is 0 Å². The zero-order valence-electron chi connectivity index (χ0n) is 15.8. The number of hydrazine groups is 1. The molecule has 0 aromatic heterocycles. The Morgan fingerprint density at radius 1 is 1.23 bits per heavy atom. The van der Waals surface area contributed by atoms with Crippen LogP contribution in [0.15, 0.2) is 47.4 Å². The van der Waals surface area contributed by atoms with Crippen LogP contribution in [0, 0.1) is 10.1 Å². The monoisotopic (exact) mass is 445 g/mol. The van der Waals surface area contributed by atoms with E-state index in [1.54, 1.807) is 24.3 Å². The summed E-state index contributed by atoms with van der Waals surface area (Å²) in [7, 11) is 2.99. The summed E-state index contributed by atoms with van der Waals surface area (Å²) in [6, 6.07) is 10.4. The van der Waals surface area contributed by atoms with Crippen LogP contribution in [0.2, 0.25) is 0 Å². The summed E-state index contributed by atoms with van der Waals surface area (Å²) < 4.78 is 10.7. The Morgan fingerprint density at radius 3 is 2.63 bits per heavy atom. The second-order valence-electron chi connectivity index (χ2n) is 5.85. The number of benzene rings is 2. The fourth-order valence-electron chi connectivity index (χ4n) is 2.66. The van der Waals surface area contributed by atoms with Gasteiger partial charge in [0.1, 0.15) is 0 Å². The molecule has 11 heteroatoms. The predicted octanol–water partition coefficient (Wildman–Crippen LogP) is 3.16. The lowest BCUT2D eigenvalue weighted by atomic mass is 10.1. The van der Waals surface area contributed by atoms with Crippen LogP contribution in [-0.4, -0.2) is 40.3 Å². The molecule has 1 aliphatic heterocycles. The first-order chi connectivity index (χ1) is 14.3. The highest BCUT2D eigenvalue weighted by Gasteiger charge is 2.34. The third-order valence-electron chi connectivity index (χ3n) is 4.05. The zero-order chi connectivity index (χ0) is 21.8. The van der Waals surface area contributed by atoms with Crippen LogP contribution in [0.4, 0.5) is 5.69 Å². The van der Waals surface area contributed by atoms with Gasteiger partial charge in [0, 0.05) is 23.3 Å². The molecule has 0 saturated carbocycles. The number of nitro groups is 1. The van der Waals surface area contributed by atoms with Crippen molar-refractivity contribution in [3.63, 3.8) is 0 Å². The van der Waals surface area contributed by atoms with Gasteiger partial charge in [-0.1, -0.05) is 30.0 Å². The van der Waals surface area contributed by atoms with E-state index in [1.165, 1.54) is 32.4 Å². The molecular formula is C19H15N3O6S2. The van der Waals surface area contributed by atoms with Gasteiger partial charge < -0.3 is 9.47 Å². The Bertz CT molecular complexity index is 1090. The molecule has 2 aromatic carbocycles. The minimum Gasteiger partial charge on any atom is -0.493 e. The molecular weight excluding hydrogens is 430 g/mol. The van der Waals surface area contributed by atoms with Crippen molar-refractivity contribution in [2.24, 2.45) is 0 Å². The maximum Gasteiger partial charge on any atom is 0.285 e. The van der Waals surface area contributed by atoms with Crippen LogP contribution in [-0.2, 0) is 4.79 Å². The van der Waals surface area contributed by atoms with Crippen LogP contribution in [0.5, 0.6) is 11.5 Å². The van der Waals surface area contributed by atoms with Crippen molar-refractivity contribution in [1.82, 2.24) is 10.4 Å². The number of hydrogen-bond donors (Lipinski definition) is 1. The normalized spacial score (nSPS) is 14.7. The second kappa shape index (κ2) is 8.93. The summed E-state index contributed by atoms with van der Waals surface area (Å²) in [5.41, 5.74) is 2.78. The average Bonchev–Trinajstić information content (AvgIpc) is 3.00. The van der Waals surface area contributed by atoms with E-state index in [2.05, 4.69) is 5.43 Å². The Morgan fingerprint density at radius 2 is 1.97 bits per heavy atom. The molecule has 3 rings (SSSR count). The van der Waals surface area contributed by atoms with Crippen LogP contribution in [0.25, 0.3) is 6.08 Å². The fraction of sp³-hybridized carbons (Fsp3) is 0.105. The maximum absolute atomic E-state index is 12.8. The number of hydrogen-bond acceptors (Lipinski definition) is 8. The lowest BCUT2D eigenvalue weighted by Gasteiger charge is -2.15. The van der Waals surface area contributed by atoms with Crippen molar-refractivity contribution in [2.75, 3.05) is 14.2 Å². The lowest BCUT2D eigenvalue weighted by molar-refractivity contribution is -0.384. The van der Waals surface area contributed by atoms with Crippen LogP contribution >= 0.6 is 24.0 Å². The van der Waals surface area contributed by atoms with Crippen LogP contribution in [0.1, 0.15) is 15.9 Å². The summed E-state index contributed by atoms with van der Waals surface area (Å²) in [5.74, 6) is -0.282. The van der Waals surface area contributed by atoms with E-state index in [4.69, 9.17) is 21.7 Å². The van der Waals surface area contributed by atoms with Gasteiger partial charge in [-0.05, 0) is 30.4 Å². The molecule has 0 atom stereocenters. The summed E-state index contributed by atoms with van der Waals surface area (Å²) in [6.45, 7) is 0. The average molecular weight is 445 g/mol. The third kappa shape index (κ3) is 4.26. The molecule has 0 spiro atoms. The topological polar surface area (TPSA) is 111 Å². The molecule has 9 nitrogen and oxygen atoms in total. The lowest BCUT2D eigenvalue weighted by Crippen LogP contribution is -2.44. The van der Waals surface area contributed by atoms with Gasteiger partial charge in [-0.3, -0.25) is 25.1 Å². The van der Waals surface area contributed by atoms with Gasteiger partial charge in [0.2, 0.25) is 0 Å². The number of amides is 2. The standard InChI is InChI=1S/C19H15N3O6S2/c1-27-14-8-4-5-11(16(14)28-2)10-15-18(24)21(19(29)30-15)20-17(23)12-6-3-7-13(9-12)22(25)26/h3-10H,1-2H3,(H,20,23)/b15-10+. The fourth-order valence-corrected chi connectivity index (χ4v) is 3.83. The van der Waals surface area contributed by atoms with Crippen LogP contribution < -0.4 is 14.9 Å². The van der Waals surface area contributed by atoms with E-state index in [-0.39, 0.29) is 20.5 Å². The molecule has 0 radical (unpaired) electrons. The molecule has 0 unspecified atom stereocenters. The number of nitrogens with one attached hydrogen (secondary N) is 1. The molecule has 154 valence electrons. The first kappa shape index (κ1) is 21.3. The van der Waals surface area contributed by atoms with Crippen molar-refractivity contribution >= 4 is 51.9 Å². The highest BCUT2D eigenvalue weighted by Crippen LogP contribution is 2.36. The van der Waals surface area contributed by atoms with Crippen molar-refractivity contribution in [1.29, 1.82) is 0 Å². The number of ether oxygens (including phenoxy) is 2. The summed E-state index contributed by atoms with van der Waals surface area (Å²) >= 11 is 6.21. The van der Waals surface area contributed by atoms with E-state index in [9.17, 15) is 19.7 Å². The van der Waals surface area contributed by atoms with Gasteiger partial charge in [0.15, 0.2) is 15.8 Å². The minimum atomic E-state index is -0.699. The molecule has 2 amide bonds. The first-order valence-corrected chi connectivity index (χ1v) is 9.62. The van der Waals surface area contributed by atoms with Crippen LogP contribution in [0.3, 0.4) is 0 Å². The Kier molecular flexibility index (Phi) is 6.33. The molecule has 2 aromatic rings. The number of methoxy groups -OCH3 is 2. The number of thiocarbonyl (C=S) groups is 1. The van der Waals surface area contributed by atoms with E-state index in [0.717, 1.165) is 22.8 Å². The summed E-state index contributed by atoms with van der Waals surface area (Å²) in [4.78, 5) is 35.8. The highest BCUT2D eigenvalue weighted by molar-refractivity contribution is 8.26. The van der Waals surface area contributed by atoms with Gasteiger partial charge in [-0.2, -0.15) is 5.01 Å². The van der Waals surface area contributed by atoms with E-state index in [1.807, 2.05) is 0 Å². The predicted molar refractivity (Wildman–Crippen MR) is 115 cm³/mol. The van der Waals surface area contributed by atoms with E-state index in [0.29, 0.717) is 17.1 Å². The van der Waals surface area contributed by atoms with E-state index < -0.39 is 16.7 Å². The van der Waals surface area contributed by atoms with Crippen molar-refractivity contribution in [2.45, 2.75) is 0 Å². The molecule has 1 saturated heterocycles. The number of para-hydroxylation sites is 1. The number of nitrogens with zero attached hydrogens (tertiary/aromatic N) is 2. The quantitative estimate of drug-likeness (QED) is 0.312. The van der Waals surface area contributed by atoms with E-state index >= 15 is 0 Å². The number of nitro benzene ring substituents is 1. The number of carbonyl (C=O) groups excluding carboxylic acids is 2. The second-order valence-corrected chi connectivity index (χ2v) is 7.52. The molecule has 1 N–H and O–H groups in total. The number of rotatable bonds is 6. The number of carbonyl (C=O) groups is 2. The van der Waals surface area contributed by atoms with Gasteiger partial charge >= 0.3 is 0 Å².